The summed E-state index contributed by atoms with van der Waals surface area (Å²) in [4.78, 5) is 11.6. The van der Waals surface area contributed by atoms with Crippen LogP contribution >= 0.6 is 0 Å². The molecular weight excluding hydrogens is 136 g/mol. The van der Waals surface area contributed by atoms with Crippen molar-refractivity contribution in [1.82, 2.24) is 0 Å². The van der Waals surface area contributed by atoms with Crippen LogP contribution in [0.15, 0.2) is 0 Å². The van der Waals surface area contributed by atoms with Gasteiger partial charge in [0.25, 0.3) is 0 Å². The molecule has 0 bridgehead atoms. The van der Waals surface area contributed by atoms with Gasteiger partial charge in [0.05, 0.1) is 0 Å². The molecule has 2 rings (SSSR count). The second-order valence-corrected chi connectivity index (χ2v) is 4.23. The van der Waals surface area contributed by atoms with Crippen LogP contribution in [0.5, 0.6) is 0 Å². The van der Waals surface area contributed by atoms with Gasteiger partial charge in [-0.15, -0.1) is 0 Å². The van der Waals surface area contributed by atoms with Gasteiger partial charge in [-0.05, 0) is 31.6 Å². The lowest BCUT2D eigenvalue weighted by Gasteiger charge is -2.26. The zero-order chi connectivity index (χ0) is 7.90. The van der Waals surface area contributed by atoms with E-state index in [1.54, 1.807) is 0 Å². The molecule has 1 spiro atoms. The number of hydrogen-bond acceptors (Lipinski definition) is 1. The molecule has 0 heterocycles. The average molecular weight is 152 g/mol. The van der Waals surface area contributed by atoms with Gasteiger partial charge in [0.2, 0.25) is 0 Å². The third-order valence-corrected chi connectivity index (χ3v) is 3.79. The van der Waals surface area contributed by atoms with E-state index in [2.05, 4.69) is 6.92 Å². The molecule has 1 heteroatoms. The molecule has 0 aromatic heterocycles. The number of hydrogen-bond donors (Lipinski definition) is 0. The molecule has 0 N–H and O–H groups in total. The van der Waals surface area contributed by atoms with Crippen LogP contribution in [-0.4, -0.2) is 5.78 Å². The highest BCUT2D eigenvalue weighted by Crippen LogP contribution is 2.51. The first-order chi connectivity index (χ1) is 5.26. The molecule has 0 aromatic carbocycles. The van der Waals surface area contributed by atoms with Gasteiger partial charge in [-0.3, -0.25) is 4.79 Å². The van der Waals surface area contributed by atoms with Crippen molar-refractivity contribution in [1.29, 1.82) is 0 Å². The Morgan fingerprint density at radius 1 is 1.36 bits per heavy atom. The maximum absolute atomic E-state index is 11.6. The molecule has 2 aliphatic rings. The Morgan fingerprint density at radius 3 is 2.55 bits per heavy atom. The van der Waals surface area contributed by atoms with Gasteiger partial charge in [-0.1, -0.05) is 13.3 Å². The van der Waals surface area contributed by atoms with Crippen LogP contribution < -0.4 is 0 Å². The normalized spacial score (nSPS) is 44.1. The minimum Gasteiger partial charge on any atom is -0.299 e. The summed E-state index contributed by atoms with van der Waals surface area (Å²) in [6.45, 7) is 2.26. The minimum atomic E-state index is 0.167. The van der Waals surface area contributed by atoms with Crippen molar-refractivity contribution < 1.29 is 4.79 Å². The number of ketones is 1. The minimum absolute atomic E-state index is 0.167. The Hall–Kier alpha value is -0.330. The number of carbonyl (C=O) groups is 1. The largest absolute Gasteiger partial charge is 0.299 e. The zero-order valence-electron chi connectivity index (χ0n) is 7.23. The maximum Gasteiger partial charge on any atom is 0.139 e. The average Bonchev–Trinajstić information content (AvgIpc) is 2.48. The van der Waals surface area contributed by atoms with Crippen molar-refractivity contribution in [3.63, 3.8) is 0 Å². The second-order valence-electron chi connectivity index (χ2n) is 4.23. The molecule has 1 nitrogen and oxygen atoms in total. The summed E-state index contributed by atoms with van der Waals surface area (Å²) in [5, 5.41) is 0. The van der Waals surface area contributed by atoms with E-state index in [0.29, 0.717) is 11.7 Å². The van der Waals surface area contributed by atoms with E-state index in [1.165, 1.54) is 25.7 Å². The molecule has 2 unspecified atom stereocenters. The number of rotatable bonds is 0. The molecule has 11 heavy (non-hydrogen) atoms. The first kappa shape index (κ1) is 7.33. The topological polar surface area (TPSA) is 17.1 Å². The highest BCUT2D eigenvalue weighted by molar-refractivity contribution is 5.87. The van der Waals surface area contributed by atoms with E-state index in [1.807, 2.05) is 0 Å². The van der Waals surface area contributed by atoms with Gasteiger partial charge in [-0.25, -0.2) is 0 Å². The zero-order valence-corrected chi connectivity index (χ0v) is 7.23. The van der Waals surface area contributed by atoms with Gasteiger partial charge in [0.15, 0.2) is 0 Å². The molecule has 62 valence electrons. The molecule has 0 radical (unpaired) electrons. The summed E-state index contributed by atoms with van der Waals surface area (Å²) in [5.41, 5.74) is 0.167. The van der Waals surface area contributed by atoms with Gasteiger partial charge in [0.1, 0.15) is 5.78 Å². The molecule has 0 aromatic rings. The summed E-state index contributed by atoms with van der Waals surface area (Å²) in [7, 11) is 0. The smallest absolute Gasteiger partial charge is 0.139 e. The molecule has 2 atom stereocenters. The first-order valence-corrected chi connectivity index (χ1v) is 4.79. The van der Waals surface area contributed by atoms with Gasteiger partial charge >= 0.3 is 0 Å². The van der Waals surface area contributed by atoms with Gasteiger partial charge in [-0.2, -0.15) is 0 Å². The van der Waals surface area contributed by atoms with Crippen molar-refractivity contribution in [3.8, 4) is 0 Å². The van der Waals surface area contributed by atoms with E-state index in [4.69, 9.17) is 0 Å². The monoisotopic (exact) mass is 152 g/mol. The molecule has 0 saturated heterocycles. The maximum atomic E-state index is 11.6. The van der Waals surface area contributed by atoms with Crippen LogP contribution in [-0.2, 0) is 4.79 Å². The molecule has 2 aliphatic carbocycles. The van der Waals surface area contributed by atoms with Crippen LogP contribution in [0, 0.1) is 11.3 Å². The molecular formula is C10H16O. The van der Waals surface area contributed by atoms with Crippen molar-refractivity contribution in [2.24, 2.45) is 11.3 Å². The Bertz CT molecular complexity index is 181. The lowest BCUT2D eigenvalue weighted by atomic mass is 9.77. The van der Waals surface area contributed by atoms with E-state index in [-0.39, 0.29) is 5.41 Å². The summed E-state index contributed by atoms with van der Waals surface area (Å²) in [6, 6.07) is 0. The highest BCUT2D eigenvalue weighted by atomic mass is 16.1. The molecule has 0 amide bonds. The van der Waals surface area contributed by atoms with Crippen LogP contribution in [0.4, 0.5) is 0 Å². The lowest BCUT2D eigenvalue weighted by Crippen LogP contribution is -2.27. The standard InChI is InChI=1S/C10H16O/c1-8-4-2-6-10(8)7-3-5-9(10)11/h8H,2-7H2,1H3. The second kappa shape index (κ2) is 2.33. The molecule has 2 fully saturated rings. The quantitative estimate of drug-likeness (QED) is 0.521. The van der Waals surface area contributed by atoms with E-state index < -0.39 is 0 Å². The Morgan fingerprint density at radius 2 is 2.09 bits per heavy atom. The summed E-state index contributed by atoms with van der Waals surface area (Å²) >= 11 is 0. The van der Waals surface area contributed by atoms with Crippen LogP contribution in [0.2, 0.25) is 0 Å². The molecule has 2 saturated carbocycles. The fraction of sp³-hybridized carbons (Fsp3) is 0.900. The predicted octanol–water partition coefficient (Wildman–Crippen LogP) is 2.55. The summed E-state index contributed by atoms with van der Waals surface area (Å²) < 4.78 is 0. The third-order valence-electron chi connectivity index (χ3n) is 3.79. The fourth-order valence-corrected chi connectivity index (χ4v) is 2.98. The fourth-order valence-electron chi connectivity index (χ4n) is 2.98. The Balaban J connectivity index is 2.25. The van der Waals surface area contributed by atoms with E-state index >= 15 is 0 Å². The first-order valence-electron chi connectivity index (χ1n) is 4.79. The highest BCUT2D eigenvalue weighted by Gasteiger charge is 2.48. The Kier molecular flexibility index (Phi) is 1.55. The SMILES string of the molecule is CC1CCCC12CCCC2=O. The van der Waals surface area contributed by atoms with Crippen molar-refractivity contribution in [3.05, 3.63) is 0 Å². The number of carbonyl (C=O) groups excluding carboxylic acids is 1. The van der Waals surface area contributed by atoms with Gasteiger partial charge in [0, 0.05) is 11.8 Å². The van der Waals surface area contributed by atoms with Crippen LogP contribution in [0.25, 0.3) is 0 Å². The molecule has 0 aliphatic heterocycles. The lowest BCUT2D eigenvalue weighted by molar-refractivity contribution is -0.127. The van der Waals surface area contributed by atoms with Crippen molar-refractivity contribution in [2.75, 3.05) is 0 Å². The van der Waals surface area contributed by atoms with Crippen molar-refractivity contribution in [2.45, 2.75) is 45.4 Å². The van der Waals surface area contributed by atoms with Gasteiger partial charge < -0.3 is 0 Å². The summed E-state index contributed by atoms with van der Waals surface area (Å²) in [6.07, 6.45) is 6.96. The van der Waals surface area contributed by atoms with Crippen LogP contribution in [0.3, 0.4) is 0 Å². The Labute approximate surface area is 68.2 Å². The predicted molar refractivity (Wildman–Crippen MR) is 44.3 cm³/mol. The van der Waals surface area contributed by atoms with E-state index in [0.717, 1.165) is 12.8 Å². The van der Waals surface area contributed by atoms with E-state index in [9.17, 15) is 4.79 Å². The third kappa shape index (κ3) is 0.863. The summed E-state index contributed by atoms with van der Waals surface area (Å²) in [5.74, 6) is 1.25. The number of Topliss-reactive ketones (excluding diaryl/α,β-unsaturated/α-hetero) is 1. The van der Waals surface area contributed by atoms with Crippen LogP contribution in [0.1, 0.15) is 45.4 Å². The van der Waals surface area contributed by atoms with Crippen molar-refractivity contribution >= 4 is 5.78 Å².